The van der Waals surface area contributed by atoms with Crippen molar-refractivity contribution in [3.8, 4) is 0 Å². The van der Waals surface area contributed by atoms with Crippen molar-refractivity contribution in [1.29, 1.82) is 0 Å². The molecule has 2 atom stereocenters. The van der Waals surface area contributed by atoms with Crippen LogP contribution in [0.1, 0.15) is 25.1 Å². The van der Waals surface area contributed by atoms with Gasteiger partial charge in [0.25, 0.3) is 0 Å². The SMILES string of the molecule is C[C@H](c1cnccn1)N(C)C[C@@H]1CCNC1. The van der Waals surface area contributed by atoms with Crippen LogP contribution >= 0.6 is 0 Å². The molecular formula is C12H20N4. The summed E-state index contributed by atoms with van der Waals surface area (Å²) in [5, 5.41) is 3.40. The lowest BCUT2D eigenvalue weighted by Gasteiger charge is -2.26. The van der Waals surface area contributed by atoms with Gasteiger partial charge in [-0.1, -0.05) is 0 Å². The first-order valence-corrected chi connectivity index (χ1v) is 5.94. The molecule has 0 spiro atoms. The predicted octanol–water partition coefficient (Wildman–Crippen LogP) is 1.08. The summed E-state index contributed by atoms with van der Waals surface area (Å²) >= 11 is 0. The van der Waals surface area contributed by atoms with E-state index in [1.807, 2.05) is 6.20 Å². The second kappa shape index (κ2) is 5.37. The van der Waals surface area contributed by atoms with Gasteiger partial charge in [-0.2, -0.15) is 0 Å². The lowest BCUT2D eigenvalue weighted by molar-refractivity contribution is 0.222. The van der Waals surface area contributed by atoms with Crippen LogP contribution < -0.4 is 5.32 Å². The first-order valence-electron chi connectivity index (χ1n) is 5.94. The van der Waals surface area contributed by atoms with Gasteiger partial charge in [-0.05, 0) is 39.4 Å². The molecule has 0 aromatic carbocycles. The molecule has 1 N–H and O–H groups in total. The van der Waals surface area contributed by atoms with Crippen molar-refractivity contribution in [2.75, 3.05) is 26.7 Å². The maximum atomic E-state index is 4.35. The minimum atomic E-state index is 0.342. The van der Waals surface area contributed by atoms with Crippen LogP contribution in [0.25, 0.3) is 0 Å². The monoisotopic (exact) mass is 220 g/mol. The number of hydrogen-bond acceptors (Lipinski definition) is 4. The van der Waals surface area contributed by atoms with Crippen LogP contribution in [0, 0.1) is 5.92 Å². The second-order valence-corrected chi connectivity index (χ2v) is 4.60. The summed E-state index contributed by atoms with van der Waals surface area (Å²) in [7, 11) is 2.16. The summed E-state index contributed by atoms with van der Waals surface area (Å²) < 4.78 is 0. The van der Waals surface area contributed by atoms with E-state index in [2.05, 4.69) is 34.2 Å². The zero-order valence-electron chi connectivity index (χ0n) is 10.1. The highest BCUT2D eigenvalue weighted by atomic mass is 15.1. The molecule has 4 heteroatoms. The first kappa shape index (κ1) is 11.5. The zero-order chi connectivity index (χ0) is 11.4. The summed E-state index contributed by atoms with van der Waals surface area (Å²) in [5.41, 5.74) is 1.05. The Balaban J connectivity index is 1.91. The van der Waals surface area contributed by atoms with Crippen molar-refractivity contribution in [2.24, 2.45) is 5.92 Å². The minimum absolute atomic E-state index is 0.342. The molecule has 2 heterocycles. The molecule has 1 saturated heterocycles. The average molecular weight is 220 g/mol. The fourth-order valence-corrected chi connectivity index (χ4v) is 2.19. The molecule has 1 fully saturated rings. The Hall–Kier alpha value is -1.00. The van der Waals surface area contributed by atoms with E-state index in [9.17, 15) is 0 Å². The smallest absolute Gasteiger partial charge is 0.0755 e. The number of rotatable bonds is 4. The highest BCUT2D eigenvalue weighted by Gasteiger charge is 2.20. The lowest BCUT2D eigenvalue weighted by atomic mass is 10.1. The Morgan fingerprint density at radius 3 is 3.06 bits per heavy atom. The molecule has 0 radical (unpaired) electrons. The van der Waals surface area contributed by atoms with E-state index in [0.29, 0.717) is 6.04 Å². The third kappa shape index (κ3) is 2.77. The van der Waals surface area contributed by atoms with E-state index in [1.54, 1.807) is 12.4 Å². The van der Waals surface area contributed by atoms with E-state index in [0.717, 1.165) is 31.2 Å². The van der Waals surface area contributed by atoms with Crippen LogP contribution in [-0.4, -0.2) is 41.5 Å². The van der Waals surface area contributed by atoms with Gasteiger partial charge in [0.1, 0.15) is 0 Å². The summed E-state index contributed by atoms with van der Waals surface area (Å²) in [4.78, 5) is 10.8. The number of nitrogens with one attached hydrogen (secondary N) is 1. The molecule has 0 aliphatic carbocycles. The van der Waals surface area contributed by atoms with Crippen molar-refractivity contribution in [3.63, 3.8) is 0 Å². The van der Waals surface area contributed by atoms with Crippen molar-refractivity contribution < 1.29 is 0 Å². The normalized spacial score (nSPS) is 22.6. The van der Waals surface area contributed by atoms with Gasteiger partial charge >= 0.3 is 0 Å². The molecule has 4 nitrogen and oxygen atoms in total. The third-order valence-corrected chi connectivity index (χ3v) is 3.38. The minimum Gasteiger partial charge on any atom is -0.316 e. The van der Waals surface area contributed by atoms with Crippen molar-refractivity contribution in [3.05, 3.63) is 24.3 Å². The van der Waals surface area contributed by atoms with Crippen molar-refractivity contribution in [1.82, 2.24) is 20.2 Å². The Morgan fingerprint density at radius 2 is 2.44 bits per heavy atom. The van der Waals surface area contributed by atoms with E-state index in [-0.39, 0.29) is 0 Å². The number of nitrogens with zero attached hydrogens (tertiary/aromatic N) is 3. The topological polar surface area (TPSA) is 41.1 Å². The van der Waals surface area contributed by atoms with E-state index < -0.39 is 0 Å². The second-order valence-electron chi connectivity index (χ2n) is 4.60. The van der Waals surface area contributed by atoms with Crippen LogP contribution in [0.2, 0.25) is 0 Å². The first-order chi connectivity index (χ1) is 7.77. The molecule has 1 aliphatic heterocycles. The van der Waals surface area contributed by atoms with Crippen molar-refractivity contribution >= 4 is 0 Å². The molecule has 1 aliphatic rings. The van der Waals surface area contributed by atoms with E-state index in [1.165, 1.54) is 6.42 Å². The van der Waals surface area contributed by atoms with Gasteiger partial charge in [-0.15, -0.1) is 0 Å². The molecule has 0 bridgehead atoms. The number of hydrogen-bond donors (Lipinski definition) is 1. The van der Waals surface area contributed by atoms with E-state index >= 15 is 0 Å². The summed E-state index contributed by atoms with van der Waals surface area (Å²) in [5.74, 6) is 0.782. The Labute approximate surface area is 97.1 Å². The Morgan fingerprint density at radius 1 is 1.56 bits per heavy atom. The fraction of sp³-hybridized carbons (Fsp3) is 0.667. The Kier molecular flexibility index (Phi) is 3.85. The van der Waals surface area contributed by atoms with Gasteiger partial charge in [0, 0.05) is 25.1 Å². The zero-order valence-corrected chi connectivity index (χ0v) is 10.1. The van der Waals surface area contributed by atoms with Crippen LogP contribution in [0.3, 0.4) is 0 Å². The van der Waals surface area contributed by atoms with Gasteiger partial charge in [0.15, 0.2) is 0 Å². The molecule has 0 saturated carbocycles. The van der Waals surface area contributed by atoms with Crippen LogP contribution in [-0.2, 0) is 0 Å². The number of aromatic nitrogens is 2. The molecular weight excluding hydrogens is 200 g/mol. The summed E-state index contributed by atoms with van der Waals surface area (Å²) in [6.45, 7) is 5.63. The standard InChI is InChI=1S/C12H20N4/c1-10(12-8-14-5-6-15-12)16(2)9-11-3-4-13-7-11/h5-6,8,10-11,13H,3-4,7,9H2,1-2H3/t10-,11-/m1/s1. The maximum absolute atomic E-state index is 4.35. The summed E-state index contributed by atoms with van der Waals surface area (Å²) in [6.07, 6.45) is 6.62. The van der Waals surface area contributed by atoms with Gasteiger partial charge in [-0.25, -0.2) is 0 Å². The Bertz CT molecular complexity index is 308. The van der Waals surface area contributed by atoms with Gasteiger partial charge in [0.2, 0.25) is 0 Å². The van der Waals surface area contributed by atoms with Gasteiger partial charge in [0.05, 0.1) is 11.7 Å². The summed E-state index contributed by atoms with van der Waals surface area (Å²) in [6, 6.07) is 0.342. The molecule has 88 valence electrons. The van der Waals surface area contributed by atoms with Gasteiger partial charge < -0.3 is 5.32 Å². The van der Waals surface area contributed by atoms with Gasteiger partial charge in [-0.3, -0.25) is 14.9 Å². The van der Waals surface area contributed by atoms with Crippen LogP contribution in [0.15, 0.2) is 18.6 Å². The van der Waals surface area contributed by atoms with Crippen LogP contribution in [0.4, 0.5) is 0 Å². The largest absolute Gasteiger partial charge is 0.316 e. The fourth-order valence-electron chi connectivity index (χ4n) is 2.19. The molecule has 16 heavy (non-hydrogen) atoms. The average Bonchev–Trinajstić information content (AvgIpc) is 2.82. The predicted molar refractivity (Wildman–Crippen MR) is 64.1 cm³/mol. The maximum Gasteiger partial charge on any atom is 0.0755 e. The molecule has 1 aromatic rings. The lowest BCUT2D eigenvalue weighted by Crippen LogP contribution is -2.30. The third-order valence-electron chi connectivity index (χ3n) is 3.38. The quantitative estimate of drug-likeness (QED) is 0.824. The molecule has 1 aromatic heterocycles. The van der Waals surface area contributed by atoms with Crippen LogP contribution in [0.5, 0.6) is 0 Å². The highest BCUT2D eigenvalue weighted by molar-refractivity contribution is 5.01. The van der Waals surface area contributed by atoms with Crippen molar-refractivity contribution in [2.45, 2.75) is 19.4 Å². The molecule has 2 rings (SSSR count). The molecule has 0 unspecified atom stereocenters. The highest BCUT2D eigenvalue weighted by Crippen LogP contribution is 2.18. The molecule has 0 amide bonds. The van der Waals surface area contributed by atoms with E-state index in [4.69, 9.17) is 0 Å².